The fourth-order valence-corrected chi connectivity index (χ4v) is 4.93. The van der Waals surface area contributed by atoms with Crippen molar-refractivity contribution >= 4 is 17.5 Å². The van der Waals surface area contributed by atoms with Crippen molar-refractivity contribution in [1.29, 1.82) is 0 Å². The number of hydrogen-bond donors (Lipinski definition) is 1. The number of anilines is 1. The average Bonchev–Trinajstić information content (AvgIpc) is 3.29. The number of aromatic nitrogens is 1. The third-order valence-corrected chi connectivity index (χ3v) is 6.67. The summed E-state index contributed by atoms with van der Waals surface area (Å²) in [5, 5.41) is 3.13. The molecule has 1 unspecified atom stereocenters. The summed E-state index contributed by atoms with van der Waals surface area (Å²) in [7, 11) is 0. The highest BCUT2D eigenvalue weighted by Crippen LogP contribution is 2.41. The first kappa shape index (κ1) is 21.5. The fourth-order valence-electron chi connectivity index (χ4n) is 4.93. The van der Waals surface area contributed by atoms with Crippen LogP contribution < -0.4 is 5.32 Å². The quantitative estimate of drug-likeness (QED) is 0.776. The standard InChI is InChI=1S/C25H32N4O2/c1-18(2)21-9-6-7-19(3)23(21)27-22(30)16-28-13-10-25(17-28)11-14-29(24(25)31)15-20-8-4-5-12-26-20/h4-9,12,18H,10-11,13-17H2,1-3H3,(H,27,30). The van der Waals surface area contributed by atoms with E-state index < -0.39 is 0 Å². The van der Waals surface area contributed by atoms with Crippen molar-refractivity contribution in [3.8, 4) is 0 Å². The molecule has 0 aliphatic carbocycles. The summed E-state index contributed by atoms with van der Waals surface area (Å²) in [6.45, 7) is 9.38. The second-order valence-electron chi connectivity index (χ2n) is 9.28. The predicted molar refractivity (Wildman–Crippen MR) is 122 cm³/mol. The van der Waals surface area contributed by atoms with Gasteiger partial charge in [0.15, 0.2) is 0 Å². The van der Waals surface area contributed by atoms with Gasteiger partial charge in [-0.1, -0.05) is 38.1 Å². The lowest BCUT2D eigenvalue weighted by Crippen LogP contribution is -2.38. The van der Waals surface area contributed by atoms with E-state index in [1.54, 1.807) is 6.20 Å². The summed E-state index contributed by atoms with van der Waals surface area (Å²) in [4.78, 5) is 34.4. The first-order valence-corrected chi connectivity index (χ1v) is 11.2. The maximum atomic E-state index is 13.2. The number of nitrogens with zero attached hydrogens (tertiary/aromatic N) is 3. The van der Waals surface area contributed by atoms with Crippen molar-refractivity contribution in [3.63, 3.8) is 0 Å². The van der Waals surface area contributed by atoms with E-state index >= 15 is 0 Å². The van der Waals surface area contributed by atoms with E-state index in [4.69, 9.17) is 0 Å². The molecule has 164 valence electrons. The Morgan fingerprint density at radius 3 is 2.71 bits per heavy atom. The molecule has 0 saturated carbocycles. The molecule has 2 aliphatic rings. The number of likely N-dealkylation sites (tertiary alicyclic amines) is 2. The van der Waals surface area contributed by atoms with Gasteiger partial charge in [-0.3, -0.25) is 19.5 Å². The molecule has 2 saturated heterocycles. The highest BCUT2D eigenvalue weighted by Gasteiger charge is 2.50. The van der Waals surface area contributed by atoms with Gasteiger partial charge in [0.25, 0.3) is 0 Å². The van der Waals surface area contributed by atoms with Crippen LogP contribution >= 0.6 is 0 Å². The number of benzene rings is 1. The molecule has 2 aromatic rings. The van der Waals surface area contributed by atoms with E-state index in [2.05, 4.69) is 35.1 Å². The highest BCUT2D eigenvalue weighted by molar-refractivity contribution is 5.94. The lowest BCUT2D eigenvalue weighted by molar-refractivity contribution is -0.136. The first-order valence-electron chi connectivity index (χ1n) is 11.2. The predicted octanol–water partition coefficient (Wildman–Crippen LogP) is 3.58. The summed E-state index contributed by atoms with van der Waals surface area (Å²) < 4.78 is 0. The van der Waals surface area contributed by atoms with Crippen LogP contribution in [-0.4, -0.2) is 52.8 Å². The minimum atomic E-state index is -0.346. The molecule has 1 aromatic heterocycles. The number of amides is 2. The monoisotopic (exact) mass is 420 g/mol. The third kappa shape index (κ3) is 4.49. The Morgan fingerprint density at radius 1 is 1.16 bits per heavy atom. The van der Waals surface area contributed by atoms with Gasteiger partial charge in [-0.05, 0) is 55.5 Å². The number of pyridine rings is 1. The minimum Gasteiger partial charge on any atom is -0.336 e. The zero-order valence-corrected chi connectivity index (χ0v) is 18.7. The summed E-state index contributed by atoms with van der Waals surface area (Å²) in [5.74, 6) is 0.539. The van der Waals surface area contributed by atoms with E-state index in [0.717, 1.165) is 48.4 Å². The maximum absolute atomic E-state index is 13.2. The number of carbonyl (C=O) groups excluding carboxylic acids is 2. The maximum Gasteiger partial charge on any atom is 0.238 e. The molecule has 2 fully saturated rings. The number of nitrogens with one attached hydrogen (secondary N) is 1. The Bertz CT molecular complexity index is 959. The molecular weight excluding hydrogens is 388 g/mol. The average molecular weight is 421 g/mol. The minimum absolute atomic E-state index is 0.0102. The van der Waals surface area contributed by atoms with Crippen molar-refractivity contribution in [2.45, 2.75) is 46.1 Å². The van der Waals surface area contributed by atoms with Gasteiger partial charge in [0.2, 0.25) is 11.8 Å². The van der Waals surface area contributed by atoms with Gasteiger partial charge in [-0.25, -0.2) is 0 Å². The highest BCUT2D eigenvalue weighted by atomic mass is 16.2. The Kier molecular flexibility index (Phi) is 6.10. The van der Waals surface area contributed by atoms with Crippen LogP contribution in [0.4, 0.5) is 5.69 Å². The molecule has 31 heavy (non-hydrogen) atoms. The molecular formula is C25H32N4O2. The summed E-state index contributed by atoms with van der Waals surface area (Å²) in [5.41, 5.74) is 3.73. The molecule has 2 amide bonds. The molecule has 0 bridgehead atoms. The zero-order chi connectivity index (χ0) is 22.0. The van der Waals surface area contributed by atoms with Crippen LogP contribution in [0.25, 0.3) is 0 Å². The number of rotatable bonds is 6. The topological polar surface area (TPSA) is 65.5 Å². The van der Waals surface area contributed by atoms with Crippen LogP contribution in [0.15, 0.2) is 42.6 Å². The molecule has 2 aliphatic heterocycles. The zero-order valence-electron chi connectivity index (χ0n) is 18.7. The smallest absolute Gasteiger partial charge is 0.238 e. The third-order valence-electron chi connectivity index (χ3n) is 6.67. The molecule has 1 spiro atoms. The van der Waals surface area contributed by atoms with Crippen molar-refractivity contribution in [2.24, 2.45) is 5.41 Å². The van der Waals surface area contributed by atoms with Gasteiger partial charge in [0.05, 0.1) is 24.2 Å². The second-order valence-corrected chi connectivity index (χ2v) is 9.28. The Morgan fingerprint density at radius 2 is 1.97 bits per heavy atom. The van der Waals surface area contributed by atoms with Crippen molar-refractivity contribution < 1.29 is 9.59 Å². The van der Waals surface area contributed by atoms with Crippen LogP contribution in [-0.2, 0) is 16.1 Å². The normalized spacial score (nSPS) is 21.4. The number of carbonyl (C=O) groups is 2. The fraction of sp³-hybridized carbons (Fsp3) is 0.480. The van der Waals surface area contributed by atoms with Crippen molar-refractivity contribution in [1.82, 2.24) is 14.8 Å². The van der Waals surface area contributed by atoms with Crippen LogP contribution in [0, 0.1) is 12.3 Å². The Balaban J connectivity index is 1.36. The van der Waals surface area contributed by atoms with Gasteiger partial charge >= 0.3 is 0 Å². The number of para-hydroxylation sites is 1. The SMILES string of the molecule is Cc1cccc(C(C)C)c1NC(=O)CN1CCC2(CCN(Cc3ccccn3)C2=O)C1. The summed E-state index contributed by atoms with van der Waals surface area (Å²) >= 11 is 0. The number of hydrogen-bond acceptors (Lipinski definition) is 4. The van der Waals surface area contributed by atoms with Crippen LogP contribution in [0.2, 0.25) is 0 Å². The number of aryl methyl sites for hydroxylation is 1. The van der Waals surface area contributed by atoms with Crippen molar-refractivity contribution in [3.05, 3.63) is 59.4 Å². The lowest BCUT2D eigenvalue weighted by Gasteiger charge is -2.24. The molecule has 4 rings (SSSR count). The molecule has 6 heteroatoms. The molecule has 3 heterocycles. The van der Waals surface area contributed by atoms with Crippen molar-refractivity contribution in [2.75, 3.05) is 31.5 Å². The van der Waals surface area contributed by atoms with Gasteiger partial charge in [0, 0.05) is 25.0 Å². The van der Waals surface area contributed by atoms with Crippen LogP contribution in [0.1, 0.15) is 49.4 Å². The van der Waals surface area contributed by atoms with E-state index in [9.17, 15) is 9.59 Å². The molecule has 1 atom stereocenters. The van der Waals surface area contributed by atoms with Crippen LogP contribution in [0.5, 0.6) is 0 Å². The largest absolute Gasteiger partial charge is 0.336 e. The lowest BCUT2D eigenvalue weighted by atomic mass is 9.85. The van der Waals surface area contributed by atoms with Gasteiger partial charge in [-0.15, -0.1) is 0 Å². The Hall–Kier alpha value is -2.73. The van der Waals surface area contributed by atoms with Gasteiger partial charge in [-0.2, -0.15) is 0 Å². The van der Waals surface area contributed by atoms with Gasteiger partial charge < -0.3 is 10.2 Å². The van der Waals surface area contributed by atoms with Gasteiger partial charge in [0.1, 0.15) is 0 Å². The van der Waals surface area contributed by atoms with E-state index in [0.29, 0.717) is 25.6 Å². The molecule has 1 aromatic carbocycles. The Labute approximate surface area is 184 Å². The molecule has 6 nitrogen and oxygen atoms in total. The molecule has 1 N–H and O–H groups in total. The summed E-state index contributed by atoms with van der Waals surface area (Å²) in [6, 6.07) is 11.9. The second kappa shape index (κ2) is 8.79. The van der Waals surface area contributed by atoms with Crippen LogP contribution in [0.3, 0.4) is 0 Å². The van der Waals surface area contributed by atoms with E-state index in [1.807, 2.05) is 42.2 Å². The van der Waals surface area contributed by atoms with E-state index in [-0.39, 0.29) is 17.2 Å². The molecule has 0 radical (unpaired) electrons. The first-order chi connectivity index (χ1) is 14.9. The van der Waals surface area contributed by atoms with E-state index in [1.165, 1.54) is 0 Å². The summed E-state index contributed by atoms with van der Waals surface area (Å²) in [6.07, 6.45) is 3.44.